The zero-order valence-electron chi connectivity index (χ0n) is 13.4. The number of ether oxygens (including phenoxy) is 1. The Morgan fingerprint density at radius 2 is 1.86 bits per heavy atom. The summed E-state index contributed by atoms with van der Waals surface area (Å²) < 4.78 is 5.31. The molecule has 0 aromatic heterocycles. The third kappa shape index (κ3) is 6.28. The van der Waals surface area contributed by atoms with E-state index in [-0.39, 0.29) is 0 Å². The highest BCUT2D eigenvalue weighted by atomic mass is 16.5. The largest absolute Gasteiger partial charge is 0.389 e. The maximum absolute atomic E-state index is 10.0. The van der Waals surface area contributed by atoms with E-state index in [1.54, 1.807) is 6.08 Å². The Labute approximate surface area is 134 Å². The topological polar surface area (TPSA) is 35.9 Å². The lowest BCUT2D eigenvalue weighted by Crippen LogP contribution is -2.37. The van der Waals surface area contributed by atoms with Gasteiger partial charge in [0, 0.05) is 26.2 Å². The Morgan fingerprint density at radius 1 is 1.14 bits per heavy atom. The first-order valence-electron chi connectivity index (χ1n) is 8.13. The van der Waals surface area contributed by atoms with Crippen LogP contribution in [0.15, 0.2) is 43.0 Å². The van der Waals surface area contributed by atoms with E-state index in [2.05, 4.69) is 46.7 Å². The second kappa shape index (κ2) is 9.74. The van der Waals surface area contributed by atoms with E-state index in [0.717, 1.165) is 39.1 Å². The van der Waals surface area contributed by atoms with Gasteiger partial charge in [-0.3, -0.25) is 9.80 Å². The molecule has 1 heterocycles. The van der Waals surface area contributed by atoms with Crippen LogP contribution in [0.1, 0.15) is 12.0 Å². The van der Waals surface area contributed by atoms with E-state index in [1.807, 2.05) is 0 Å². The van der Waals surface area contributed by atoms with Crippen LogP contribution in [0.2, 0.25) is 0 Å². The molecule has 1 aliphatic rings. The fourth-order valence-electron chi connectivity index (χ4n) is 2.84. The molecule has 0 amide bonds. The van der Waals surface area contributed by atoms with Crippen molar-refractivity contribution in [1.82, 2.24) is 9.80 Å². The van der Waals surface area contributed by atoms with Gasteiger partial charge in [0.1, 0.15) is 0 Å². The van der Waals surface area contributed by atoms with Crippen molar-refractivity contribution in [3.63, 3.8) is 0 Å². The maximum atomic E-state index is 10.0. The lowest BCUT2D eigenvalue weighted by molar-refractivity contribution is 0.0269. The predicted molar refractivity (Wildman–Crippen MR) is 89.8 cm³/mol. The van der Waals surface area contributed by atoms with E-state index in [4.69, 9.17) is 4.74 Å². The fraction of sp³-hybridized carbons (Fsp3) is 0.556. The zero-order valence-corrected chi connectivity index (χ0v) is 13.4. The number of benzene rings is 1. The molecule has 1 fully saturated rings. The molecule has 1 aromatic rings. The van der Waals surface area contributed by atoms with Gasteiger partial charge < -0.3 is 9.84 Å². The quantitative estimate of drug-likeness (QED) is 0.586. The van der Waals surface area contributed by atoms with Crippen molar-refractivity contribution < 1.29 is 9.84 Å². The van der Waals surface area contributed by atoms with Crippen LogP contribution < -0.4 is 0 Å². The van der Waals surface area contributed by atoms with Crippen molar-refractivity contribution in [2.24, 2.45) is 0 Å². The van der Waals surface area contributed by atoms with Crippen LogP contribution in [0.5, 0.6) is 0 Å². The summed E-state index contributed by atoms with van der Waals surface area (Å²) in [5.74, 6) is 0. The van der Waals surface area contributed by atoms with Gasteiger partial charge in [0.05, 0.1) is 19.3 Å². The van der Waals surface area contributed by atoms with E-state index in [9.17, 15) is 5.11 Å². The molecule has 0 aliphatic carbocycles. The van der Waals surface area contributed by atoms with Gasteiger partial charge in [-0.25, -0.2) is 0 Å². The average molecular weight is 304 g/mol. The highest BCUT2D eigenvalue weighted by Gasteiger charge is 2.17. The molecule has 1 unspecified atom stereocenters. The number of hydrogen-bond donors (Lipinski definition) is 1. The molecule has 0 saturated carbocycles. The molecule has 0 bridgehead atoms. The summed E-state index contributed by atoms with van der Waals surface area (Å²) in [4.78, 5) is 4.84. The standard InChI is InChI=1S/C18H28N2O2/c1-2-13-22-16-18(21)15-20-10-6-9-19(11-12-20)14-17-7-4-3-5-8-17/h2-5,7-8,18,21H,1,6,9-16H2. The first-order chi connectivity index (χ1) is 10.8. The number of hydrogen-bond acceptors (Lipinski definition) is 4. The molecule has 1 aromatic carbocycles. The van der Waals surface area contributed by atoms with E-state index in [1.165, 1.54) is 5.56 Å². The first-order valence-corrected chi connectivity index (χ1v) is 8.13. The Kier molecular flexibility index (Phi) is 7.60. The Morgan fingerprint density at radius 3 is 2.64 bits per heavy atom. The van der Waals surface area contributed by atoms with Gasteiger partial charge in [-0.15, -0.1) is 6.58 Å². The van der Waals surface area contributed by atoms with Crippen LogP contribution in [0, 0.1) is 0 Å². The Hall–Kier alpha value is -1.20. The minimum Gasteiger partial charge on any atom is -0.389 e. The maximum Gasteiger partial charge on any atom is 0.0900 e. The van der Waals surface area contributed by atoms with Crippen molar-refractivity contribution in [2.75, 3.05) is 45.9 Å². The van der Waals surface area contributed by atoms with Crippen LogP contribution >= 0.6 is 0 Å². The number of aliphatic hydroxyl groups excluding tert-OH is 1. The Balaban J connectivity index is 1.71. The van der Waals surface area contributed by atoms with Gasteiger partial charge >= 0.3 is 0 Å². The molecule has 4 heteroatoms. The van der Waals surface area contributed by atoms with Crippen molar-refractivity contribution in [3.05, 3.63) is 48.6 Å². The molecule has 1 aliphatic heterocycles. The van der Waals surface area contributed by atoms with E-state index >= 15 is 0 Å². The number of β-amino-alcohol motifs (C(OH)–C–C–N with tert-alkyl or cyclic N) is 1. The molecule has 2 rings (SSSR count). The fourth-order valence-corrected chi connectivity index (χ4v) is 2.84. The highest BCUT2D eigenvalue weighted by Crippen LogP contribution is 2.09. The number of rotatable bonds is 8. The van der Waals surface area contributed by atoms with Crippen molar-refractivity contribution in [3.8, 4) is 0 Å². The minimum atomic E-state index is -0.416. The van der Waals surface area contributed by atoms with Gasteiger partial charge in [0.25, 0.3) is 0 Å². The lowest BCUT2D eigenvalue weighted by atomic mass is 10.2. The summed E-state index contributed by atoms with van der Waals surface area (Å²) in [6.07, 6.45) is 2.44. The SMILES string of the molecule is C=CCOCC(O)CN1CCCN(Cc2ccccc2)CC1. The van der Waals surface area contributed by atoms with Gasteiger partial charge in [0.2, 0.25) is 0 Å². The van der Waals surface area contributed by atoms with Crippen LogP contribution in [0.4, 0.5) is 0 Å². The van der Waals surface area contributed by atoms with E-state index < -0.39 is 6.10 Å². The molecule has 0 radical (unpaired) electrons. The van der Waals surface area contributed by atoms with Crippen LogP contribution in [-0.4, -0.2) is 66.9 Å². The summed E-state index contributed by atoms with van der Waals surface area (Å²) >= 11 is 0. The van der Waals surface area contributed by atoms with Gasteiger partial charge in [-0.1, -0.05) is 36.4 Å². The normalized spacial score (nSPS) is 18.8. The number of nitrogens with zero attached hydrogens (tertiary/aromatic N) is 2. The molecule has 1 saturated heterocycles. The molecule has 22 heavy (non-hydrogen) atoms. The summed E-state index contributed by atoms with van der Waals surface area (Å²) in [5, 5.41) is 10.0. The van der Waals surface area contributed by atoms with Crippen LogP contribution in [0.25, 0.3) is 0 Å². The molecular weight excluding hydrogens is 276 g/mol. The third-order valence-electron chi connectivity index (χ3n) is 3.95. The third-order valence-corrected chi connectivity index (χ3v) is 3.95. The predicted octanol–water partition coefficient (Wildman–Crippen LogP) is 1.76. The molecule has 0 spiro atoms. The highest BCUT2D eigenvalue weighted by molar-refractivity contribution is 5.14. The molecule has 1 N–H and O–H groups in total. The van der Waals surface area contributed by atoms with Crippen LogP contribution in [-0.2, 0) is 11.3 Å². The monoisotopic (exact) mass is 304 g/mol. The lowest BCUT2D eigenvalue weighted by Gasteiger charge is -2.24. The van der Waals surface area contributed by atoms with E-state index in [0.29, 0.717) is 19.8 Å². The van der Waals surface area contributed by atoms with Gasteiger partial charge in [0.15, 0.2) is 0 Å². The first kappa shape index (κ1) is 17.2. The summed E-state index contributed by atoms with van der Waals surface area (Å²) in [6.45, 7) is 10.4. The molecule has 4 nitrogen and oxygen atoms in total. The van der Waals surface area contributed by atoms with Crippen LogP contribution in [0.3, 0.4) is 0 Å². The van der Waals surface area contributed by atoms with Gasteiger partial charge in [-0.2, -0.15) is 0 Å². The van der Waals surface area contributed by atoms with Crippen molar-refractivity contribution in [2.45, 2.75) is 19.1 Å². The zero-order chi connectivity index (χ0) is 15.6. The average Bonchev–Trinajstić information content (AvgIpc) is 2.74. The number of aliphatic hydroxyl groups is 1. The second-order valence-corrected chi connectivity index (χ2v) is 5.90. The van der Waals surface area contributed by atoms with Crippen molar-refractivity contribution >= 4 is 0 Å². The van der Waals surface area contributed by atoms with Gasteiger partial charge in [-0.05, 0) is 25.1 Å². The second-order valence-electron chi connectivity index (χ2n) is 5.90. The summed E-state index contributed by atoms with van der Waals surface area (Å²) in [6, 6.07) is 10.6. The molecule has 1 atom stereocenters. The Bertz CT molecular complexity index is 424. The smallest absolute Gasteiger partial charge is 0.0900 e. The summed E-state index contributed by atoms with van der Waals surface area (Å²) in [7, 11) is 0. The molecule has 122 valence electrons. The molecular formula is C18H28N2O2. The van der Waals surface area contributed by atoms with Crippen molar-refractivity contribution in [1.29, 1.82) is 0 Å². The minimum absolute atomic E-state index is 0.385. The summed E-state index contributed by atoms with van der Waals surface area (Å²) in [5.41, 5.74) is 1.37.